The van der Waals surface area contributed by atoms with Crippen molar-refractivity contribution in [3.63, 3.8) is 0 Å². The molecule has 24 heavy (non-hydrogen) atoms. The van der Waals surface area contributed by atoms with E-state index in [1.54, 1.807) is 12.7 Å². The van der Waals surface area contributed by atoms with Crippen LogP contribution in [0.3, 0.4) is 0 Å². The number of aromatic nitrogens is 7. The summed E-state index contributed by atoms with van der Waals surface area (Å²) in [5.41, 5.74) is 0.988. The van der Waals surface area contributed by atoms with Gasteiger partial charge in [-0.2, -0.15) is 9.78 Å². The molecule has 3 heterocycles. The van der Waals surface area contributed by atoms with E-state index in [0.29, 0.717) is 6.04 Å². The van der Waals surface area contributed by atoms with E-state index in [-0.39, 0.29) is 0 Å². The topological polar surface area (TPSA) is 77.5 Å². The maximum Gasteiger partial charge on any atom is 0.170 e. The smallest absolute Gasteiger partial charge is 0.170 e. The van der Waals surface area contributed by atoms with Crippen molar-refractivity contribution in [3.05, 3.63) is 48.8 Å². The third kappa shape index (κ3) is 3.18. The summed E-state index contributed by atoms with van der Waals surface area (Å²) in [6.45, 7) is 2.65. The van der Waals surface area contributed by atoms with Crippen molar-refractivity contribution < 1.29 is 0 Å². The fourth-order valence-corrected chi connectivity index (χ4v) is 3.27. The van der Waals surface area contributed by atoms with Gasteiger partial charge in [-0.15, -0.1) is 5.10 Å². The number of tetrazole rings is 1. The van der Waals surface area contributed by atoms with Crippen molar-refractivity contribution in [2.75, 3.05) is 6.54 Å². The highest BCUT2D eigenvalue weighted by Gasteiger charge is 2.25. The first kappa shape index (κ1) is 14.9. The third-order valence-electron chi connectivity index (χ3n) is 4.49. The number of likely N-dealkylation sites (tertiary alicyclic amines) is 1. The summed E-state index contributed by atoms with van der Waals surface area (Å²) in [5, 5.41) is 16.5. The van der Waals surface area contributed by atoms with Gasteiger partial charge >= 0.3 is 0 Å². The number of piperidine rings is 1. The lowest BCUT2D eigenvalue weighted by atomic mass is 10.0. The van der Waals surface area contributed by atoms with Crippen molar-refractivity contribution in [1.82, 2.24) is 39.9 Å². The van der Waals surface area contributed by atoms with Crippen LogP contribution in [-0.2, 0) is 13.1 Å². The predicted molar refractivity (Wildman–Crippen MR) is 87.2 cm³/mol. The van der Waals surface area contributed by atoms with Crippen LogP contribution in [0.5, 0.6) is 0 Å². The Morgan fingerprint density at radius 3 is 2.88 bits per heavy atom. The van der Waals surface area contributed by atoms with E-state index < -0.39 is 0 Å². The van der Waals surface area contributed by atoms with Crippen LogP contribution in [0, 0.1) is 0 Å². The first-order valence-electron chi connectivity index (χ1n) is 8.29. The molecule has 0 saturated carbocycles. The number of benzene rings is 1. The molecule has 1 aliphatic rings. The quantitative estimate of drug-likeness (QED) is 0.704. The lowest BCUT2D eigenvalue weighted by molar-refractivity contribution is 0.118. The van der Waals surface area contributed by atoms with Gasteiger partial charge in [0.2, 0.25) is 0 Å². The lowest BCUT2D eigenvalue weighted by Crippen LogP contribution is -2.42. The van der Waals surface area contributed by atoms with Crippen LogP contribution < -0.4 is 0 Å². The summed E-state index contributed by atoms with van der Waals surface area (Å²) < 4.78 is 3.73. The van der Waals surface area contributed by atoms with E-state index in [9.17, 15) is 0 Å². The van der Waals surface area contributed by atoms with Crippen molar-refractivity contribution in [3.8, 4) is 5.69 Å². The minimum atomic E-state index is 0.432. The summed E-state index contributed by atoms with van der Waals surface area (Å²) in [6.07, 6.45) is 6.98. The molecule has 1 aliphatic heterocycles. The molecule has 2 aromatic heterocycles. The van der Waals surface area contributed by atoms with Crippen LogP contribution in [0.1, 0.15) is 25.1 Å². The maximum absolute atomic E-state index is 4.24. The average Bonchev–Trinajstić information content (AvgIpc) is 3.29. The van der Waals surface area contributed by atoms with Gasteiger partial charge in [0.15, 0.2) is 5.82 Å². The predicted octanol–water partition coefficient (Wildman–Crippen LogP) is 1.31. The number of rotatable bonds is 5. The molecule has 0 amide bonds. The summed E-state index contributed by atoms with van der Waals surface area (Å²) in [7, 11) is 0. The Labute approximate surface area is 140 Å². The van der Waals surface area contributed by atoms with Gasteiger partial charge in [-0.1, -0.05) is 24.6 Å². The molecule has 1 saturated heterocycles. The van der Waals surface area contributed by atoms with Gasteiger partial charge in [0, 0.05) is 6.04 Å². The zero-order chi connectivity index (χ0) is 16.2. The molecule has 8 nitrogen and oxygen atoms in total. The summed E-state index contributed by atoms with van der Waals surface area (Å²) in [4.78, 5) is 6.49. The van der Waals surface area contributed by atoms with E-state index in [4.69, 9.17) is 0 Å². The molecule has 0 bridgehead atoms. The fourth-order valence-electron chi connectivity index (χ4n) is 3.27. The molecule has 124 valence electrons. The van der Waals surface area contributed by atoms with Crippen molar-refractivity contribution in [2.45, 2.75) is 38.4 Å². The van der Waals surface area contributed by atoms with Crippen molar-refractivity contribution in [1.29, 1.82) is 0 Å². The molecule has 1 aromatic carbocycles. The second-order valence-electron chi connectivity index (χ2n) is 6.08. The van der Waals surface area contributed by atoms with E-state index in [0.717, 1.165) is 37.6 Å². The molecule has 0 aliphatic carbocycles. The molecule has 0 radical (unpaired) electrons. The second kappa shape index (κ2) is 6.88. The SMILES string of the molecule is c1ccc(-n2nnnc2CN2CCCCC2Cn2cncn2)cc1. The number of hydrogen-bond donors (Lipinski definition) is 0. The number of hydrogen-bond acceptors (Lipinski definition) is 6. The Morgan fingerprint density at radius 2 is 2.04 bits per heavy atom. The van der Waals surface area contributed by atoms with E-state index in [1.807, 2.05) is 39.7 Å². The highest BCUT2D eigenvalue weighted by atomic mass is 15.5. The largest absolute Gasteiger partial charge is 0.291 e. The molecule has 0 spiro atoms. The zero-order valence-electron chi connectivity index (χ0n) is 13.4. The molecule has 0 N–H and O–H groups in total. The molecule has 3 aromatic rings. The molecule has 1 fully saturated rings. The Bertz CT molecular complexity index is 752. The normalized spacial score (nSPS) is 18.8. The minimum Gasteiger partial charge on any atom is -0.291 e. The fraction of sp³-hybridized carbons (Fsp3) is 0.438. The van der Waals surface area contributed by atoms with Crippen molar-refractivity contribution >= 4 is 0 Å². The molecule has 1 atom stereocenters. The molecular weight excluding hydrogens is 304 g/mol. The second-order valence-corrected chi connectivity index (χ2v) is 6.08. The Morgan fingerprint density at radius 1 is 1.12 bits per heavy atom. The van der Waals surface area contributed by atoms with E-state index in [1.165, 1.54) is 12.8 Å². The van der Waals surface area contributed by atoms with Crippen LogP contribution in [0.2, 0.25) is 0 Å². The average molecular weight is 324 g/mol. The van der Waals surface area contributed by atoms with E-state index >= 15 is 0 Å². The minimum absolute atomic E-state index is 0.432. The lowest BCUT2D eigenvalue weighted by Gasteiger charge is -2.35. The number of para-hydroxylation sites is 1. The summed E-state index contributed by atoms with van der Waals surface area (Å²) >= 11 is 0. The van der Waals surface area contributed by atoms with Gasteiger partial charge in [0.25, 0.3) is 0 Å². The van der Waals surface area contributed by atoms with Crippen molar-refractivity contribution in [2.24, 2.45) is 0 Å². The molecule has 1 unspecified atom stereocenters. The van der Waals surface area contributed by atoms with Crippen LogP contribution in [0.4, 0.5) is 0 Å². The Hall–Kier alpha value is -2.61. The summed E-state index contributed by atoms with van der Waals surface area (Å²) in [6, 6.07) is 10.4. The van der Waals surface area contributed by atoms with Crippen LogP contribution in [-0.4, -0.2) is 52.5 Å². The van der Waals surface area contributed by atoms with Gasteiger partial charge in [-0.05, 0) is 41.9 Å². The molecular formula is C16H20N8. The third-order valence-corrected chi connectivity index (χ3v) is 4.49. The number of nitrogens with zero attached hydrogens (tertiary/aromatic N) is 8. The molecule has 8 heteroatoms. The van der Waals surface area contributed by atoms with Gasteiger partial charge in [-0.3, -0.25) is 9.58 Å². The van der Waals surface area contributed by atoms with Crippen LogP contribution in [0.25, 0.3) is 5.69 Å². The van der Waals surface area contributed by atoms with Gasteiger partial charge in [0.05, 0.1) is 18.8 Å². The first-order valence-corrected chi connectivity index (χ1v) is 8.29. The van der Waals surface area contributed by atoms with Gasteiger partial charge in [-0.25, -0.2) is 4.98 Å². The highest BCUT2D eigenvalue weighted by molar-refractivity contribution is 5.30. The van der Waals surface area contributed by atoms with E-state index in [2.05, 4.69) is 30.5 Å². The monoisotopic (exact) mass is 324 g/mol. The maximum atomic E-state index is 4.24. The standard InChI is InChI=1S/C16H20N8/c1-2-6-14(7-3-1)24-16(19-20-21-24)11-22-9-5-4-8-15(22)10-23-13-17-12-18-23/h1-3,6-7,12-13,15H,4-5,8-11H2. The Kier molecular flexibility index (Phi) is 4.28. The van der Waals surface area contributed by atoms with Gasteiger partial charge < -0.3 is 0 Å². The Balaban J connectivity index is 1.52. The summed E-state index contributed by atoms with van der Waals surface area (Å²) in [5.74, 6) is 0.867. The van der Waals surface area contributed by atoms with Crippen LogP contribution in [0.15, 0.2) is 43.0 Å². The zero-order valence-corrected chi connectivity index (χ0v) is 13.4. The molecule has 4 rings (SSSR count). The highest BCUT2D eigenvalue weighted by Crippen LogP contribution is 2.21. The van der Waals surface area contributed by atoms with Crippen LogP contribution >= 0.6 is 0 Å². The first-order chi connectivity index (χ1) is 11.9. The van der Waals surface area contributed by atoms with Gasteiger partial charge in [0.1, 0.15) is 12.7 Å².